The Labute approximate surface area is 102 Å². The average molecular weight is 242 g/mol. The van der Waals surface area contributed by atoms with Crippen LogP contribution in [0.2, 0.25) is 0 Å². The quantitative estimate of drug-likeness (QED) is 0.709. The van der Waals surface area contributed by atoms with Crippen molar-refractivity contribution in [3.8, 4) is 0 Å². The number of nitrogens with one attached hydrogen (secondary N) is 1. The molecule has 17 heavy (non-hydrogen) atoms. The Balaban J connectivity index is 2.61. The van der Waals surface area contributed by atoms with E-state index in [1.165, 1.54) is 7.11 Å². The van der Waals surface area contributed by atoms with Crippen molar-refractivity contribution in [2.75, 3.05) is 7.11 Å². The first-order chi connectivity index (χ1) is 7.88. The topological polar surface area (TPSA) is 81.4 Å². The highest BCUT2D eigenvalue weighted by Gasteiger charge is 2.35. The van der Waals surface area contributed by atoms with Crippen molar-refractivity contribution in [1.82, 2.24) is 5.32 Å². The molecule has 3 N–H and O–H groups in total. The summed E-state index contributed by atoms with van der Waals surface area (Å²) in [4.78, 5) is 23.5. The van der Waals surface area contributed by atoms with Gasteiger partial charge in [0.05, 0.1) is 13.0 Å². The lowest BCUT2D eigenvalue weighted by Gasteiger charge is -2.31. The Hall–Kier alpha value is -1.10. The van der Waals surface area contributed by atoms with Crippen LogP contribution in [0.1, 0.15) is 39.5 Å². The lowest BCUT2D eigenvalue weighted by atomic mass is 9.84. The van der Waals surface area contributed by atoms with Gasteiger partial charge in [0.2, 0.25) is 5.91 Å². The predicted molar refractivity (Wildman–Crippen MR) is 64.2 cm³/mol. The second-order valence-electron chi connectivity index (χ2n) is 5.16. The van der Waals surface area contributed by atoms with Crippen molar-refractivity contribution in [3.05, 3.63) is 0 Å². The van der Waals surface area contributed by atoms with Gasteiger partial charge in [-0.2, -0.15) is 0 Å². The van der Waals surface area contributed by atoms with Crippen LogP contribution in [0.15, 0.2) is 0 Å². The number of rotatable bonds is 3. The summed E-state index contributed by atoms with van der Waals surface area (Å²) in [5.74, 6) is -0.782. The number of esters is 1. The summed E-state index contributed by atoms with van der Waals surface area (Å²) in [6, 6.07) is -0.0998. The van der Waals surface area contributed by atoms with E-state index in [2.05, 4.69) is 10.1 Å². The SMILES string of the molecule is COC(=O)C(C)(C)NC(=O)C1CCCCC1N. The van der Waals surface area contributed by atoms with Gasteiger partial charge in [0.25, 0.3) is 0 Å². The number of hydrogen-bond donors (Lipinski definition) is 2. The lowest BCUT2D eigenvalue weighted by molar-refractivity contribution is -0.150. The molecule has 2 atom stereocenters. The number of nitrogens with two attached hydrogens (primary N) is 1. The number of hydrogen-bond acceptors (Lipinski definition) is 4. The number of carbonyl (C=O) groups excluding carboxylic acids is 2. The Bertz CT molecular complexity index is 302. The molecule has 2 unspecified atom stereocenters. The number of methoxy groups -OCH3 is 1. The fraction of sp³-hybridized carbons (Fsp3) is 0.833. The van der Waals surface area contributed by atoms with E-state index in [1.807, 2.05) is 0 Å². The Morgan fingerprint density at radius 1 is 1.29 bits per heavy atom. The lowest BCUT2D eigenvalue weighted by Crippen LogP contribution is -2.54. The zero-order valence-electron chi connectivity index (χ0n) is 10.8. The molecule has 0 aromatic carbocycles. The maximum Gasteiger partial charge on any atom is 0.330 e. The Morgan fingerprint density at radius 3 is 2.41 bits per heavy atom. The molecule has 5 nitrogen and oxygen atoms in total. The van der Waals surface area contributed by atoms with Crippen LogP contribution in [0.5, 0.6) is 0 Å². The van der Waals surface area contributed by atoms with Crippen molar-refractivity contribution >= 4 is 11.9 Å². The molecule has 0 bridgehead atoms. The van der Waals surface area contributed by atoms with Crippen LogP contribution in [0.4, 0.5) is 0 Å². The van der Waals surface area contributed by atoms with Crippen LogP contribution in [0.25, 0.3) is 0 Å². The van der Waals surface area contributed by atoms with Crippen LogP contribution in [0, 0.1) is 5.92 Å². The van der Waals surface area contributed by atoms with Crippen molar-refractivity contribution < 1.29 is 14.3 Å². The van der Waals surface area contributed by atoms with Crippen molar-refractivity contribution in [2.24, 2.45) is 11.7 Å². The molecular formula is C12H22N2O3. The van der Waals surface area contributed by atoms with Crippen LogP contribution in [-0.4, -0.2) is 30.6 Å². The molecule has 5 heteroatoms. The largest absolute Gasteiger partial charge is 0.467 e. The van der Waals surface area contributed by atoms with Crippen LogP contribution in [0.3, 0.4) is 0 Å². The number of carbonyl (C=O) groups is 2. The second kappa shape index (κ2) is 5.49. The van der Waals surface area contributed by atoms with E-state index >= 15 is 0 Å². The summed E-state index contributed by atoms with van der Waals surface area (Å²) >= 11 is 0. The van der Waals surface area contributed by atoms with Gasteiger partial charge in [0.15, 0.2) is 0 Å². The molecule has 0 spiro atoms. The summed E-state index contributed by atoms with van der Waals surface area (Å²) in [6.45, 7) is 3.26. The van der Waals surface area contributed by atoms with Gasteiger partial charge in [0, 0.05) is 6.04 Å². The fourth-order valence-electron chi connectivity index (χ4n) is 2.19. The van der Waals surface area contributed by atoms with E-state index < -0.39 is 11.5 Å². The number of ether oxygens (including phenoxy) is 1. The third-order valence-corrected chi connectivity index (χ3v) is 3.29. The summed E-state index contributed by atoms with van der Waals surface area (Å²) in [6.07, 6.45) is 3.76. The molecule has 0 heterocycles. The fourth-order valence-corrected chi connectivity index (χ4v) is 2.19. The van der Waals surface area contributed by atoms with Crippen LogP contribution in [-0.2, 0) is 14.3 Å². The second-order valence-corrected chi connectivity index (χ2v) is 5.16. The van der Waals surface area contributed by atoms with Crippen molar-refractivity contribution in [2.45, 2.75) is 51.1 Å². The van der Waals surface area contributed by atoms with Gasteiger partial charge in [-0.1, -0.05) is 12.8 Å². The highest BCUT2D eigenvalue weighted by Crippen LogP contribution is 2.23. The van der Waals surface area contributed by atoms with E-state index in [0.29, 0.717) is 0 Å². The molecular weight excluding hydrogens is 220 g/mol. The third-order valence-electron chi connectivity index (χ3n) is 3.29. The molecule has 0 aromatic rings. The van der Waals surface area contributed by atoms with E-state index in [9.17, 15) is 9.59 Å². The normalized spacial score (nSPS) is 25.2. The summed E-state index contributed by atoms with van der Waals surface area (Å²) in [5.41, 5.74) is 4.93. The standard InChI is InChI=1S/C12H22N2O3/c1-12(2,11(16)17-3)14-10(15)8-6-4-5-7-9(8)13/h8-9H,4-7,13H2,1-3H3,(H,14,15). The van der Waals surface area contributed by atoms with Crippen LogP contribution < -0.4 is 11.1 Å². The minimum atomic E-state index is -0.997. The smallest absolute Gasteiger partial charge is 0.330 e. The maximum absolute atomic E-state index is 12.0. The van der Waals surface area contributed by atoms with Gasteiger partial charge in [-0.25, -0.2) is 4.79 Å². The Kier molecular flexibility index (Phi) is 4.51. The zero-order chi connectivity index (χ0) is 13.1. The minimum Gasteiger partial charge on any atom is -0.467 e. The highest BCUT2D eigenvalue weighted by molar-refractivity contribution is 5.88. The summed E-state index contributed by atoms with van der Waals surface area (Å²) in [5, 5.41) is 2.71. The summed E-state index contributed by atoms with van der Waals surface area (Å²) < 4.78 is 4.65. The molecule has 1 aliphatic carbocycles. The van der Waals surface area contributed by atoms with E-state index in [-0.39, 0.29) is 17.9 Å². The van der Waals surface area contributed by atoms with Crippen LogP contribution >= 0.6 is 0 Å². The monoisotopic (exact) mass is 242 g/mol. The van der Waals surface area contributed by atoms with Gasteiger partial charge in [0.1, 0.15) is 5.54 Å². The summed E-state index contributed by atoms with van der Waals surface area (Å²) in [7, 11) is 1.31. The van der Waals surface area contributed by atoms with Crippen molar-refractivity contribution in [3.63, 3.8) is 0 Å². The molecule has 1 fully saturated rings. The molecule has 0 aromatic heterocycles. The molecule has 1 aliphatic rings. The average Bonchev–Trinajstić information content (AvgIpc) is 2.27. The molecule has 0 radical (unpaired) electrons. The molecule has 98 valence electrons. The first-order valence-electron chi connectivity index (χ1n) is 6.04. The van der Waals surface area contributed by atoms with E-state index in [4.69, 9.17) is 5.73 Å². The molecule has 1 amide bonds. The Morgan fingerprint density at radius 2 is 1.88 bits per heavy atom. The van der Waals surface area contributed by atoms with Crippen molar-refractivity contribution in [1.29, 1.82) is 0 Å². The first-order valence-corrected chi connectivity index (χ1v) is 6.04. The minimum absolute atomic E-state index is 0.0998. The molecule has 1 saturated carbocycles. The maximum atomic E-state index is 12.0. The van der Waals surface area contributed by atoms with E-state index in [0.717, 1.165) is 25.7 Å². The predicted octanol–water partition coefficient (Wildman–Crippen LogP) is 0.572. The zero-order valence-corrected chi connectivity index (χ0v) is 10.8. The van der Waals surface area contributed by atoms with Gasteiger partial charge < -0.3 is 15.8 Å². The molecule has 0 saturated heterocycles. The third kappa shape index (κ3) is 3.43. The highest BCUT2D eigenvalue weighted by atomic mass is 16.5. The first kappa shape index (κ1) is 14.0. The molecule has 0 aliphatic heterocycles. The van der Waals surface area contributed by atoms with Gasteiger partial charge in [-0.15, -0.1) is 0 Å². The van der Waals surface area contributed by atoms with Gasteiger partial charge in [-0.05, 0) is 26.7 Å². The molecule has 1 rings (SSSR count). The van der Waals surface area contributed by atoms with Gasteiger partial charge in [-0.3, -0.25) is 4.79 Å². The number of amides is 1. The van der Waals surface area contributed by atoms with Gasteiger partial charge >= 0.3 is 5.97 Å². The van der Waals surface area contributed by atoms with E-state index in [1.54, 1.807) is 13.8 Å².